The number of H-pyrrole nitrogens is 2. The number of aromatic amines is 2. The van der Waals surface area contributed by atoms with Gasteiger partial charge in [-0.15, -0.1) is 0 Å². The minimum absolute atomic E-state index is 0.367. The van der Waals surface area contributed by atoms with Crippen LogP contribution in [0.2, 0.25) is 0 Å². The summed E-state index contributed by atoms with van der Waals surface area (Å²) < 4.78 is 0. The van der Waals surface area contributed by atoms with Crippen LogP contribution in [0.1, 0.15) is 17.7 Å². The Morgan fingerprint density at radius 2 is 2.21 bits per heavy atom. The first-order valence-electron chi connectivity index (χ1n) is 9.26. The highest BCUT2D eigenvalue weighted by Gasteiger charge is 2.23. The average molecular weight is 375 g/mol. The second-order valence-corrected chi connectivity index (χ2v) is 7.07. The lowest BCUT2D eigenvalue weighted by molar-refractivity contribution is 0.208. The van der Waals surface area contributed by atoms with Crippen LogP contribution in [0.15, 0.2) is 54.6 Å². The SMILES string of the molecule is NC(=O)N1CC=C(N2C=C(Nc3ccc4[nH]ncc4c3)c3cc[nH]c3C2)CC1. The largest absolute Gasteiger partial charge is 0.363 e. The minimum atomic E-state index is -0.367. The number of fused-ring (bicyclic) bond motifs is 2. The molecule has 0 radical (unpaired) electrons. The molecule has 0 saturated carbocycles. The molecule has 2 amide bonds. The van der Waals surface area contributed by atoms with Gasteiger partial charge in [-0.05, 0) is 30.3 Å². The number of urea groups is 1. The van der Waals surface area contributed by atoms with Gasteiger partial charge in [0.25, 0.3) is 0 Å². The predicted molar refractivity (Wildman–Crippen MR) is 108 cm³/mol. The molecule has 142 valence electrons. The maximum Gasteiger partial charge on any atom is 0.315 e. The highest BCUT2D eigenvalue weighted by molar-refractivity contribution is 5.86. The summed E-state index contributed by atoms with van der Waals surface area (Å²) >= 11 is 0. The number of carbonyl (C=O) groups is 1. The number of aromatic nitrogens is 3. The van der Waals surface area contributed by atoms with E-state index in [1.54, 1.807) is 4.90 Å². The van der Waals surface area contributed by atoms with Gasteiger partial charge in [0, 0.05) is 59.9 Å². The fourth-order valence-electron chi connectivity index (χ4n) is 3.81. The van der Waals surface area contributed by atoms with Gasteiger partial charge < -0.3 is 25.8 Å². The van der Waals surface area contributed by atoms with Gasteiger partial charge in [0.1, 0.15) is 0 Å². The average Bonchev–Trinajstić information content (AvgIpc) is 3.36. The van der Waals surface area contributed by atoms with E-state index in [9.17, 15) is 4.79 Å². The van der Waals surface area contributed by atoms with Crippen molar-refractivity contribution in [2.45, 2.75) is 13.0 Å². The first kappa shape index (κ1) is 16.5. The molecule has 3 aromatic rings. The molecule has 0 unspecified atom stereocenters. The number of nitrogens with one attached hydrogen (secondary N) is 3. The molecule has 0 saturated heterocycles. The van der Waals surface area contributed by atoms with Crippen LogP contribution in [-0.4, -0.2) is 44.1 Å². The molecule has 0 atom stereocenters. The smallest absolute Gasteiger partial charge is 0.315 e. The zero-order chi connectivity index (χ0) is 19.1. The molecule has 2 aromatic heterocycles. The Morgan fingerprint density at radius 3 is 3.04 bits per heavy atom. The number of nitrogens with two attached hydrogens (primary N) is 1. The quantitative estimate of drug-likeness (QED) is 0.565. The molecule has 0 aliphatic carbocycles. The van der Waals surface area contributed by atoms with Crippen LogP contribution in [-0.2, 0) is 6.54 Å². The van der Waals surface area contributed by atoms with E-state index in [2.05, 4.69) is 49.8 Å². The van der Waals surface area contributed by atoms with Gasteiger partial charge in [-0.2, -0.15) is 5.10 Å². The van der Waals surface area contributed by atoms with Gasteiger partial charge in [0.2, 0.25) is 0 Å². The number of anilines is 1. The van der Waals surface area contributed by atoms with E-state index in [1.807, 2.05) is 24.5 Å². The molecule has 5 N–H and O–H groups in total. The molecule has 2 aliphatic heterocycles. The van der Waals surface area contributed by atoms with Gasteiger partial charge >= 0.3 is 6.03 Å². The zero-order valence-corrected chi connectivity index (χ0v) is 15.3. The number of primary amides is 1. The molecule has 28 heavy (non-hydrogen) atoms. The molecule has 0 bridgehead atoms. The first-order chi connectivity index (χ1) is 13.7. The monoisotopic (exact) mass is 375 g/mol. The summed E-state index contributed by atoms with van der Waals surface area (Å²) in [6, 6.07) is 7.86. The number of carbonyl (C=O) groups excluding carboxylic acids is 1. The summed E-state index contributed by atoms with van der Waals surface area (Å²) in [6.07, 6.45) is 8.78. The van der Waals surface area contributed by atoms with E-state index in [4.69, 9.17) is 5.73 Å². The van der Waals surface area contributed by atoms with E-state index in [0.717, 1.165) is 40.9 Å². The minimum Gasteiger partial charge on any atom is -0.363 e. The topological polar surface area (TPSA) is 106 Å². The maximum absolute atomic E-state index is 11.4. The van der Waals surface area contributed by atoms with Crippen molar-refractivity contribution in [3.8, 4) is 0 Å². The van der Waals surface area contributed by atoms with Gasteiger partial charge in [0.05, 0.1) is 24.0 Å². The van der Waals surface area contributed by atoms with Gasteiger partial charge in [-0.25, -0.2) is 4.79 Å². The lowest BCUT2D eigenvalue weighted by Crippen LogP contribution is -2.40. The van der Waals surface area contributed by atoms with E-state index in [1.165, 1.54) is 11.3 Å². The molecule has 4 heterocycles. The number of hydrogen-bond donors (Lipinski definition) is 4. The Labute approximate surface area is 161 Å². The van der Waals surface area contributed by atoms with Crippen LogP contribution in [0.4, 0.5) is 10.5 Å². The van der Waals surface area contributed by atoms with E-state index in [0.29, 0.717) is 13.1 Å². The van der Waals surface area contributed by atoms with Crippen molar-refractivity contribution < 1.29 is 4.79 Å². The fourth-order valence-corrected chi connectivity index (χ4v) is 3.81. The second kappa shape index (κ2) is 6.49. The summed E-state index contributed by atoms with van der Waals surface area (Å²) in [5.41, 5.74) is 12.0. The van der Waals surface area contributed by atoms with Crippen LogP contribution in [0.3, 0.4) is 0 Å². The standard InChI is InChI=1S/C20H21N7O/c21-20(28)26-7-4-15(5-8-26)27-11-18-16(3-6-22-18)19(12-27)24-14-1-2-17-13(9-14)10-23-25-17/h1-4,6,9-10,12,22,24H,5,7-8,11H2,(H2,21,28)(H,23,25). The number of nitrogens with zero attached hydrogens (tertiary/aromatic N) is 3. The lowest BCUT2D eigenvalue weighted by Gasteiger charge is -2.33. The van der Waals surface area contributed by atoms with E-state index < -0.39 is 0 Å². The molecule has 1 aromatic carbocycles. The normalized spacial score (nSPS) is 16.6. The highest BCUT2D eigenvalue weighted by atomic mass is 16.2. The third kappa shape index (κ3) is 2.88. The molecule has 2 aliphatic rings. The Hall–Kier alpha value is -3.68. The van der Waals surface area contributed by atoms with Crippen molar-refractivity contribution in [3.63, 3.8) is 0 Å². The highest BCUT2D eigenvalue weighted by Crippen LogP contribution is 2.31. The summed E-state index contributed by atoms with van der Waals surface area (Å²) in [7, 11) is 0. The fraction of sp³-hybridized carbons (Fsp3) is 0.200. The van der Waals surface area contributed by atoms with Crippen molar-refractivity contribution in [1.82, 2.24) is 25.0 Å². The van der Waals surface area contributed by atoms with Gasteiger partial charge in [-0.1, -0.05) is 0 Å². The van der Waals surface area contributed by atoms with Crippen LogP contribution in [0, 0.1) is 0 Å². The Bertz CT molecular complexity index is 1110. The first-order valence-corrected chi connectivity index (χ1v) is 9.26. The molecule has 0 fully saturated rings. The Morgan fingerprint density at radius 1 is 1.29 bits per heavy atom. The molecule has 5 rings (SSSR count). The summed E-state index contributed by atoms with van der Waals surface area (Å²) in [4.78, 5) is 18.6. The summed E-state index contributed by atoms with van der Waals surface area (Å²) in [6.45, 7) is 1.96. The molecular weight excluding hydrogens is 354 g/mol. The van der Waals surface area contributed by atoms with Crippen molar-refractivity contribution in [1.29, 1.82) is 0 Å². The number of hydrogen-bond acceptors (Lipinski definition) is 4. The number of benzene rings is 1. The summed E-state index contributed by atoms with van der Waals surface area (Å²) in [5, 5.41) is 11.7. The van der Waals surface area contributed by atoms with Crippen LogP contribution < -0.4 is 11.1 Å². The van der Waals surface area contributed by atoms with Gasteiger partial charge in [-0.3, -0.25) is 5.10 Å². The lowest BCUT2D eigenvalue weighted by atomic mass is 10.1. The van der Waals surface area contributed by atoms with Crippen molar-refractivity contribution in [2.75, 3.05) is 18.4 Å². The van der Waals surface area contributed by atoms with E-state index in [-0.39, 0.29) is 6.03 Å². The maximum atomic E-state index is 11.4. The Balaban J connectivity index is 1.44. The number of amides is 2. The molecule has 8 nitrogen and oxygen atoms in total. The van der Waals surface area contributed by atoms with Crippen molar-refractivity contribution in [3.05, 3.63) is 65.9 Å². The van der Waals surface area contributed by atoms with Crippen LogP contribution in [0.5, 0.6) is 0 Å². The zero-order valence-electron chi connectivity index (χ0n) is 15.3. The van der Waals surface area contributed by atoms with E-state index >= 15 is 0 Å². The van der Waals surface area contributed by atoms with Crippen molar-refractivity contribution in [2.24, 2.45) is 5.73 Å². The Kier molecular flexibility index (Phi) is 3.82. The van der Waals surface area contributed by atoms with Gasteiger partial charge in [0.15, 0.2) is 0 Å². The van der Waals surface area contributed by atoms with Crippen LogP contribution in [0.25, 0.3) is 16.6 Å². The predicted octanol–water partition coefficient (Wildman–Crippen LogP) is 2.79. The third-order valence-corrected chi connectivity index (χ3v) is 5.32. The molecule has 0 spiro atoms. The third-order valence-electron chi connectivity index (χ3n) is 5.32. The van der Waals surface area contributed by atoms with Crippen molar-refractivity contribution >= 4 is 28.3 Å². The molecule has 8 heteroatoms. The summed E-state index contributed by atoms with van der Waals surface area (Å²) in [5.74, 6) is 0. The molecular formula is C20H21N7O. The van der Waals surface area contributed by atoms with Crippen LogP contribution >= 0.6 is 0 Å². The number of rotatable bonds is 3. The second-order valence-electron chi connectivity index (χ2n) is 7.07.